The zero-order valence-electron chi connectivity index (χ0n) is 15.2. The summed E-state index contributed by atoms with van der Waals surface area (Å²) in [4.78, 5) is 1.08. The van der Waals surface area contributed by atoms with E-state index in [-0.39, 0.29) is 4.90 Å². The van der Waals surface area contributed by atoms with Gasteiger partial charge < -0.3 is 0 Å². The van der Waals surface area contributed by atoms with Crippen molar-refractivity contribution in [3.05, 3.63) is 75.8 Å². The molecule has 0 saturated heterocycles. The van der Waals surface area contributed by atoms with E-state index in [1.807, 2.05) is 44.2 Å². The van der Waals surface area contributed by atoms with Crippen molar-refractivity contribution < 1.29 is 12.7 Å². The van der Waals surface area contributed by atoms with Gasteiger partial charge in [0, 0.05) is 10.7 Å². The number of nitrogens with zero attached hydrogens (tertiary/aromatic N) is 2. The molecule has 0 spiro atoms. The highest BCUT2D eigenvalue weighted by atomic mass is 32.2. The van der Waals surface area contributed by atoms with Crippen LogP contribution in [-0.4, -0.2) is 14.2 Å². The van der Waals surface area contributed by atoms with Crippen LogP contribution in [0.25, 0.3) is 0 Å². The maximum atomic E-state index is 12.4. The maximum Gasteiger partial charge on any atom is 0.319 e. The molecule has 0 amide bonds. The van der Waals surface area contributed by atoms with Gasteiger partial charge in [-0.05, 0) is 65.4 Å². The maximum absolute atomic E-state index is 12.4. The monoisotopic (exact) mass is 400 g/mol. The first-order valence-corrected chi connectivity index (χ1v) is 11.2. The Labute approximate surface area is 162 Å². The van der Waals surface area contributed by atoms with Crippen LogP contribution in [0.2, 0.25) is 0 Å². The molecule has 1 atom stereocenters. The van der Waals surface area contributed by atoms with Gasteiger partial charge in [-0.25, -0.2) is 0 Å². The van der Waals surface area contributed by atoms with Crippen LogP contribution in [0.3, 0.4) is 0 Å². The van der Waals surface area contributed by atoms with Crippen LogP contribution >= 0.6 is 0 Å². The van der Waals surface area contributed by atoms with Crippen molar-refractivity contribution in [1.82, 2.24) is 0 Å². The molecule has 27 heavy (non-hydrogen) atoms. The molecule has 2 aliphatic rings. The minimum absolute atomic E-state index is 0.101. The number of rotatable bonds is 4. The fourth-order valence-corrected chi connectivity index (χ4v) is 5.62. The number of nitriles is 1. The van der Waals surface area contributed by atoms with Gasteiger partial charge >= 0.3 is 10.1 Å². The Morgan fingerprint density at radius 2 is 2.07 bits per heavy atom. The molecule has 0 radical (unpaired) electrons. The van der Waals surface area contributed by atoms with Gasteiger partial charge in [0.15, 0.2) is 0 Å². The molecule has 0 N–H and O–H groups in total. The molecule has 0 saturated carbocycles. The second-order valence-electron chi connectivity index (χ2n) is 6.29. The van der Waals surface area contributed by atoms with Crippen molar-refractivity contribution in [2.75, 3.05) is 5.75 Å². The average Bonchev–Trinajstić information content (AvgIpc) is 3.10. The second-order valence-corrected chi connectivity index (χ2v) is 9.47. The van der Waals surface area contributed by atoms with Gasteiger partial charge in [-0.2, -0.15) is 13.7 Å². The zero-order valence-corrected chi connectivity index (χ0v) is 16.8. The molecular weight excluding hydrogens is 380 g/mol. The molecule has 5 nitrogen and oxygen atoms in total. The van der Waals surface area contributed by atoms with Gasteiger partial charge in [0.2, 0.25) is 0 Å². The van der Waals surface area contributed by atoms with E-state index in [0.29, 0.717) is 12.2 Å². The Morgan fingerprint density at radius 1 is 1.26 bits per heavy atom. The van der Waals surface area contributed by atoms with E-state index in [1.165, 1.54) is 6.07 Å². The van der Waals surface area contributed by atoms with Crippen LogP contribution in [-0.2, 0) is 25.1 Å². The van der Waals surface area contributed by atoms with Gasteiger partial charge in [-0.1, -0.05) is 41.0 Å². The third-order valence-corrected chi connectivity index (χ3v) is 7.27. The Bertz CT molecular complexity index is 1070. The summed E-state index contributed by atoms with van der Waals surface area (Å²) in [6, 6.07) is 8.75. The van der Waals surface area contributed by atoms with Gasteiger partial charge in [0.1, 0.15) is 0 Å². The van der Waals surface area contributed by atoms with Gasteiger partial charge in [-0.15, -0.1) is 4.28 Å². The van der Waals surface area contributed by atoms with E-state index >= 15 is 0 Å². The van der Waals surface area contributed by atoms with Crippen LogP contribution < -0.4 is 0 Å². The summed E-state index contributed by atoms with van der Waals surface area (Å²) >= 11 is 0. The number of aryl methyl sites for hydroxylation is 1. The van der Waals surface area contributed by atoms with Crippen molar-refractivity contribution in [2.24, 2.45) is 4.53 Å². The highest BCUT2D eigenvalue weighted by Crippen LogP contribution is 2.33. The molecule has 1 aromatic rings. The van der Waals surface area contributed by atoms with Crippen LogP contribution in [0.4, 0.5) is 0 Å². The molecular formula is C20H20N2O3S2. The van der Waals surface area contributed by atoms with Gasteiger partial charge in [-0.3, -0.25) is 0 Å². The Hall–Kier alpha value is -2.27. The summed E-state index contributed by atoms with van der Waals surface area (Å²) < 4.78 is 33.9. The van der Waals surface area contributed by atoms with Gasteiger partial charge in [0.05, 0.1) is 17.4 Å². The molecule has 3 rings (SSSR count). The molecule has 1 aliphatic heterocycles. The lowest BCUT2D eigenvalue weighted by atomic mass is 9.92. The van der Waals surface area contributed by atoms with Crippen LogP contribution in [0.15, 0.2) is 79.6 Å². The van der Waals surface area contributed by atoms with Crippen molar-refractivity contribution in [2.45, 2.75) is 31.6 Å². The molecule has 0 bridgehead atoms. The summed E-state index contributed by atoms with van der Waals surface area (Å²) in [7, 11) is -4.62. The lowest BCUT2D eigenvalue weighted by Crippen LogP contribution is -2.06. The van der Waals surface area contributed by atoms with E-state index in [2.05, 4.69) is 10.6 Å². The molecule has 0 aromatic heterocycles. The standard InChI is InChI=1S/C20H20N2O3S2/c1-15-6-3-8-18(14-15)27(23,24)25-22-26-13-5-10-20(26)19-9-4-7-17(11-12-21)16(19)2/h3-8,10,14H,9,11,13H2,1-2H3. The summed E-state index contributed by atoms with van der Waals surface area (Å²) in [5.74, 6) is 0.618. The first kappa shape index (κ1) is 19.5. The number of hydrogen-bond acceptors (Lipinski definition) is 5. The summed E-state index contributed by atoms with van der Waals surface area (Å²) in [6.45, 7) is 3.82. The third kappa shape index (κ3) is 4.35. The number of benzene rings is 1. The largest absolute Gasteiger partial charge is 0.319 e. The quantitative estimate of drug-likeness (QED) is 0.700. The fraction of sp³-hybridized carbons (Fsp3) is 0.250. The fourth-order valence-electron chi connectivity index (χ4n) is 2.97. The Balaban J connectivity index is 1.92. The molecule has 1 aromatic carbocycles. The second kappa shape index (κ2) is 8.17. The van der Waals surface area contributed by atoms with Gasteiger partial charge in [0.25, 0.3) is 0 Å². The molecule has 140 valence electrons. The SMILES string of the molecule is CC1=C(CC#N)C=CCC1=C1C=CCS1=NOS(=O)(=O)c1cccc(C)c1. The van der Waals surface area contributed by atoms with E-state index in [0.717, 1.165) is 33.6 Å². The normalized spacial score (nSPS) is 22.5. The van der Waals surface area contributed by atoms with E-state index < -0.39 is 20.8 Å². The first-order chi connectivity index (χ1) is 12.9. The Morgan fingerprint density at radius 3 is 2.81 bits per heavy atom. The molecule has 0 fully saturated rings. The summed E-state index contributed by atoms with van der Waals surface area (Å²) in [6.07, 6.45) is 9.07. The smallest absolute Gasteiger partial charge is 0.198 e. The van der Waals surface area contributed by atoms with Crippen molar-refractivity contribution >= 4 is 20.8 Å². The van der Waals surface area contributed by atoms with Crippen LogP contribution in [0.1, 0.15) is 25.3 Å². The predicted molar refractivity (Wildman–Crippen MR) is 107 cm³/mol. The van der Waals surface area contributed by atoms with Crippen molar-refractivity contribution in [1.29, 1.82) is 5.26 Å². The van der Waals surface area contributed by atoms with Crippen molar-refractivity contribution in [3.63, 3.8) is 0 Å². The topological polar surface area (TPSA) is 79.5 Å². The van der Waals surface area contributed by atoms with E-state index in [1.54, 1.807) is 12.1 Å². The first-order valence-electron chi connectivity index (χ1n) is 8.48. The molecule has 7 heteroatoms. The minimum Gasteiger partial charge on any atom is -0.198 e. The van der Waals surface area contributed by atoms with Crippen molar-refractivity contribution in [3.8, 4) is 6.07 Å². The summed E-state index contributed by atoms with van der Waals surface area (Å²) in [5, 5.41) is 8.99. The zero-order chi connectivity index (χ0) is 19.4. The molecule has 1 heterocycles. The van der Waals surface area contributed by atoms with E-state index in [9.17, 15) is 8.42 Å². The summed E-state index contributed by atoms with van der Waals surface area (Å²) in [5.41, 5.74) is 3.99. The average molecular weight is 401 g/mol. The molecule has 1 unspecified atom stereocenters. The lowest BCUT2D eigenvalue weighted by molar-refractivity contribution is 0.346. The van der Waals surface area contributed by atoms with E-state index in [4.69, 9.17) is 9.55 Å². The van der Waals surface area contributed by atoms with Crippen LogP contribution in [0, 0.1) is 18.3 Å². The minimum atomic E-state index is -3.94. The third-order valence-electron chi connectivity index (χ3n) is 4.42. The highest BCUT2D eigenvalue weighted by molar-refractivity contribution is 7.92. The number of allylic oxidation sites excluding steroid dienone is 6. The predicted octanol–water partition coefficient (Wildman–Crippen LogP) is 4.43. The number of hydrogen-bond donors (Lipinski definition) is 0. The Kier molecular flexibility index (Phi) is 5.90. The molecule has 1 aliphatic carbocycles. The lowest BCUT2D eigenvalue weighted by Gasteiger charge is -2.17. The highest BCUT2D eigenvalue weighted by Gasteiger charge is 2.21. The van der Waals surface area contributed by atoms with Crippen LogP contribution in [0.5, 0.6) is 0 Å².